The van der Waals surface area contributed by atoms with E-state index in [1.807, 2.05) is 0 Å². The lowest BCUT2D eigenvalue weighted by molar-refractivity contribution is 0.431. The molecule has 1 aromatic carbocycles. The Hall–Kier alpha value is -2.70. The SMILES string of the molecule is Cn1cc(-c2nc(-c3ccc(O)cc3)no2)nn1. The topological polar surface area (TPSA) is 89.9 Å². The molecule has 18 heavy (non-hydrogen) atoms. The van der Waals surface area contributed by atoms with E-state index in [9.17, 15) is 5.11 Å². The van der Waals surface area contributed by atoms with Gasteiger partial charge in [0.1, 0.15) is 5.75 Å². The quantitative estimate of drug-likeness (QED) is 0.728. The van der Waals surface area contributed by atoms with Gasteiger partial charge in [0.15, 0.2) is 5.69 Å². The van der Waals surface area contributed by atoms with Crippen LogP contribution in [0.1, 0.15) is 0 Å². The van der Waals surface area contributed by atoms with Gasteiger partial charge in [0.2, 0.25) is 5.82 Å². The Morgan fingerprint density at radius 1 is 1.22 bits per heavy atom. The monoisotopic (exact) mass is 243 g/mol. The van der Waals surface area contributed by atoms with Crippen LogP contribution < -0.4 is 0 Å². The number of rotatable bonds is 2. The zero-order valence-corrected chi connectivity index (χ0v) is 9.48. The van der Waals surface area contributed by atoms with Crippen molar-refractivity contribution in [1.29, 1.82) is 0 Å². The summed E-state index contributed by atoms with van der Waals surface area (Å²) in [6.07, 6.45) is 1.69. The lowest BCUT2D eigenvalue weighted by Gasteiger charge is -1.93. The smallest absolute Gasteiger partial charge is 0.280 e. The van der Waals surface area contributed by atoms with E-state index < -0.39 is 0 Å². The number of aromatic nitrogens is 5. The van der Waals surface area contributed by atoms with Crippen molar-refractivity contribution in [2.75, 3.05) is 0 Å². The maximum atomic E-state index is 9.20. The number of hydrogen-bond donors (Lipinski definition) is 1. The molecular weight excluding hydrogens is 234 g/mol. The van der Waals surface area contributed by atoms with Crippen LogP contribution >= 0.6 is 0 Å². The van der Waals surface area contributed by atoms with Gasteiger partial charge in [0.25, 0.3) is 5.89 Å². The summed E-state index contributed by atoms with van der Waals surface area (Å²) >= 11 is 0. The van der Waals surface area contributed by atoms with Crippen LogP contribution in [0, 0.1) is 0 Å². The molecule has 0 spiro atoms. The first-order valence-corrected chi connectivity index (χ1v) is 5.22. The summed E-state index contributed by atoms with van der Waals surface area (Å²) in [5.74, 6) is 0.943. The lowest BCUT2D eigenvalue weighted by atomic mass is 10.2. The highest BCUT2D eigenvalue weighted by Crippen LogP contribution is 2.21. The third-order valence-electron chi connectivity index (χ3n) is 2.37. The van der Waals surface area contributed by atoms with Crippen molar-refractivity contribution < 1.29 is 9.63 Å². The number of benzene rings is 1. The second kappa shape index (κ2) is 3.95. The van der Waals surface area contributed by atoms with E-state index in [0.29, 0.717) is 17.4 Å². The van der Waals surface area contributed by atoms with Crippen LogP contribution in [0.15, 0.2) is 35.0 Å². The summed E-state index contributed by atoms with van der Waals surface area (Å²) in [6, 6.07) is 6.54. The number of phenolic OH excluding ortho intramolecular Hbond substituents is 1. The standard InChI is InChI=1S/C11H9N5O2/c1-16-6-9(13-15-16)11-12-10(14-18-11)7-2-4-8(17)5-3-7/h2-6,17H,1H3. The summed E-state index contributed by atoms with van der Waals surface area (Å²) < 4.78 is 6.66. The molecule has 90 valence electrons. The molecular formula is C11H9N5O2. The second-order valence-corrected chi connectivity index (χ2v) is 3.75. The average Bonchev–Trinajstić information content (AvgIpc) is 2.98. The van der Waals surface area contributed by atoms with Gasteiger partial charge in [0, 0.05) is 12.6 Å². The molecule has 0 atom stereocenters. The maximum absolute atomic E-state index is 9.20. The van der Waals surface area contributed by atoms with E-state index in [2.05, 4.69) is 20.5 Å². The van der Waals surface area contributed by atoms with Gasteiger partial charge in [-0.3, -0.25) is 4.68 Å². The van der Waals surface area contributed by atoms with Crippen LogP contribution in [0.25, 0.3) is 23.0 Å². The van der Waals surface area contributed by atoms with E-state index in [1.54, 1.807) is 42.2 Å². The Labute approximate surface area is 102 Å². The zero-order chi connectivity index (χ0) is 12.5. The fourth-order valence-corrected chi connectivity index (χ4v) is 1.50. The molecule has 1 N–H and O–H groups in total. The average molecular weight is 243 g/mol. The maximum Gasteiger partial charge on any atom is 0.280 e. The summed E-state index contributed by atoms with van der Waals surface area (Å²) in [4.78, 5) is 4.22. The molecule has 0 amide bonds. The highest BCUT2D eigenvalue weighted by molar-refractivity contribution is 5.58. The second-order valence-electron chi connectivity index (χ2n) is 3.75. The molecule has 7 nitrogen and oxygen atoms in total. The van der Waals surface area contributed by atoms with Gasteiger partial charge in [-0.25, -0.2) is 0 Å². The molecule has 3 aromatic rings. The minimum Gasteiger partial charge on any atom is -0.508 e. The molecule has 0 radical (unpaired) electrons. The fourth-order valence-electron chi connectivity index (χ4n) is 1.50. The van der Waals surface area contributed by atoms with Crippen LogP contribution in [-0.4, -0.2) is 30.2 Å². The molecule has 0 aliphatic carbocycles. The van der Waals surface area contributed by atoms with Crippen molar-refractivity contribution in [1.82, 2.24) is 25.1 Å². The third kappa shape index (κ3) is 1.81. The van der Waals surface area contributed by atoms with Gasteiger partial charge >= 0.3 is 0 Å². The predicted octanol–water partition coefficient (Wildman–Crippen LogP) is 1.24. The summed E-state index contributed by atoms with van der Waals surface area (Å²) in [5, 5.41) is 20.7. The van der Waals surface area contributed by atoms with Crippen LogP contribution in [0.2, 0.25) is 0 Å². The number of phenols is 1. The molecule has 0 aliphatic heterocycles. The lowest BCUT2D eigenvalue weighted by Crippen LogP contribution is -1.85. The molecule has 3 rings (SSSR count). The van der Waals surface area contributed by atoms with E-state index in [1.165, 1.54) is 0 Å². The summed E-state index contributed by atoms with van der Waals surface area (Å²) in [6.45, 7) is 0. The molecule has 0 bridgehead atoms. The normalized spacial score (nSPS) is 10.7. The minimum absolute atomic E-state index is 0.191. The molecule has 2 heterocycles. The van der Waals surface area contributed by atoms with Crippen molar-refractivity contribution in [3.8, 4) is 28.7 Å². The number of aryl methyl sites for hydroxylation is 1. The van der Waals surface area contributed by atoms with Crippen LogP contribution in [0.3, 0.4) is 0 Å². The fraction of sp³-hybridized carbons (Fsp3) is 0.0909. The highest BCUT2D eigenvalue weighted by atomic mass is 16.5. The minimum atomic E-state index is 0.191. The van der Waals surface area contributed by atoms with Crippen molar-refractivity contribution in [3.63, 3.8) is 0 Å². The van der Waals surface area contributed by atoms with E-state index in [0.717, 1.165) is 5.56 Å². The van der Waals surface area contributed by atoms with E-state index in [4.69, 9.17) is 4.52 Å². The largest absolute Gasteiger partial charge is 0.508 e. The highest BCUT2D eigenvalue weighted by Gasteiger charge is 2.13. The van der Waals surface area contributed by atoms with Gasteiger partial charge < -0.3 is 9.63 Å². The van der Waals surface area contributed by atoms with Gasteiger partial charge in [0.05, 0.1) is 6.20 Å². The molecule has 0 fully saturated rings. The Morgan fingerprint density at radius 3 is 2.67 bits per heavy atom. The van der Waals surface area contributed by atoms with Crippen LogP contribution in [-0.2, 0) is 7.05 Å². The number of hydrogen-bond acceptors (Lipinski definition) is 6. The van der Waals surface area contributed by atoms with Gasteiger partial charge in [-0.1, -0.05) is 10.4 Å². The Morgan fingerprint density at radius 2 is 2.00 bits per heavy atom. The Bertz CT molecular complexity index is 671. The predicted molar refractivity (Wildman–Crippen MR) is 61.4 cm³/mol. The molecule has 2 aromatic heterocycles. The number of nitrogens with zero attached hydrogens (tertiary/aromatic N) is 5. The van der Waals surface area contributed by atoms with Crippen LogP contribution in [0.4, 0.5) is 0 Å². The molecule has 0 saturated carbocycles. The third-order valence-corrected chi connectivity index (χ3v) is 2.37. The van der Waals surface area contributed by atoms with Crippen molar-refractivity contribution in [2.45, 2.75) is 0 Å². The first-order valence-electron chi connectivity index (χ1n) is 5.22. The summed E-state index contributed by atoms with van der Waals surface area (Å²) in [5.41, 5.74) is 1.28. The van der Waals surface area contributed by atoms with Crippen molar-refractivity contribution >= 4 is 0 Å². The Kier molecular flexibility index (Phi) is 2.30. The molecule has 0 unspecified atom stereocenters. The first kappa shape index (κ1) is 10.5. The van der Waals surface area contributed by atoms with Crippen LogP contribution in [0.5, 0.6) is 5.75 Å². The summed E-state index contributed by atoms with van der Waals surface area (Å²) in [7, 11) is 1.76. The zero-order valence-electron chi connectivity index (χ0n) is 9.48. The van der Waals surface area contributed by atoms with E-state index >= 15 is 0 Å². The van der Waals surface area contributed by atoms with Gasteiger partial charge in [-0.2, -0.15) is 4.98 Å². The van der Waals surface area contributed by atoms with Gasteiger partial charge in [-0.15, -0.1) is 5.10 Å². The van der Waals surface area contributed by atoms with Crippen molar-refractivity contribution in [2.24, 2.45) is 7.05 Å². The molecule has 0 saturated heterocycles. The number of aromatic hydroxyl groups is 1. The molecule has 7 heteroatoms. The molecule has 0 aliphatic rings. The van der Waals surface area contributed by atoms with Crippen molar-refractivity contribution in [3.05, 3.63) is 30.5 Å². The van der Waals surface area contributed by atoms with Gasteiger partial charge in [-0.05, 0) is 24.3 Å². The first-order chi connectivity index (χ1) is 8.72. The van der Waals surface area contributed by atoms with E-state index in [-0.39, 0.29) is 5.75 Å². The Balaban J connectivity index is 1.96.